The molecule has 6 N–H and O–H groups in total. The lowest BCUT2D eigenvalue weighted by Crippen LogP contribution is -2.61. The van der Waals surface area contributed by atoms with Gasteiger partial charge in [-0.2, -0.15) is 0 Å². The van der Waals surface area contributed by atoms with Crippen LogP contribution in [0.2, 0.25) is 0 Å². The highest BCUT2D eigenvalue weighted by Gasteiger charge is 2.47. The third kappa shape index (κ3) is 43.0. The highest BCUT2D eigenvalue weighted by molar-refractivity contribution is 5.80. The lowest BCUT2D eigenvalue weighted by atomic mass is 9.99. The Labute approximate surface area is 482 Å². The Bertz CT molecular complexity index is 1650. The summed E-state index contributed by atoms with van der Waals surface area (Å²) in [6.07, 6.45) is 62.9. The minimum absolute atomic E-state index is 0.112. The quantitative estimate of drug-likeness (QED) is 0.0195. The molecule has 0 bridgehead atoms. The van der Waals surface area contributed by atoms with Crippen molar-refractivity contribution in [2.24, 2.45) is 0 Å². The molecule has 1 aliphatic heterocycles. The molecule has 1 aliphatic rings. The lowest BCUT2D eigenvalue weighted by Gasteiger charge is -2.41. The monoisotopic (exact) mass is 1110 g/mol. The van der Waals surface area contributed by atoms with Crippen LogP contribution < -0.4 is 5.32 Å². The summed E-state index contributed by atoms with van der Waals surface area (Å²) in [6, 6.07) is -1.04. The van der Waals surface area contributed by atoms with Crippen LogP contribution in [0.3, 0.4) is 0 Å². The van der Waals surface area contributed by atoms with Crippen LogP contribution in [0.5, 0.6) is 0 Å². The third-order valence-corrected chi connectivity index (χ3v) is 14.5. The molecule has 8 atom stereocenters. The van der Waals surface area contributed by atoms with Gasteiger partial charge < -0.3 is 45.1 Å². The topological polar surface area (TPSA) is 175 Å². The number of hydrogen-bond acceptors (Lipinski definition) is 10. The number of esters is 1. The van der Waals surface area contributed by atoms with E-state index in [1.54, 1.807) is 6.08 Å². The zero-order valence-electron chi connectivity index (χ0n) is 50.2. The van der Waals surface area contributed by atoms with Gasteiger partial charge in [0.25, 0.3) is 0 Å². The summed E-state index contributed by atoms with van der Waals surface area (Å²) in [5.41, 5.74) is 0. The van der Waals surface area contributed by atoms with Gasteiger partial charge in [-0.05, 0) is 103 Å². The first kappa shape index (κ1) is 73.6. The van der Waals surface area contributed by atoms with Crippen LogP contribution in [0.1, 0.15) is 258 Å². The van der Waals surface area contributed by atoms with Crippen LogP contribution in [0.25, 0.3) is 0 Å². The average molecular weight is 1110 g/mol. The predicted octanol–water partition coefficient (Wildman–Crippen LogP) is 15.5. The number of ether oxygens (including phenoxy) is 3. The first-order valence-electron chi connectivity index (χ1n) is 32.0. The van der Waals surface area contributed by atoms with Crippen molar-refractivity contribution in [2.75, 3.05) is 13.2 Å². The van der Waals surface area contributed by atoms with Gasteiger partial charge in [-0.25, -0.2) is 0 Å². The molecule has 454 valence electrons. The molecule has 0 aromatic rings. The molecule has 11 nitrogen and oxygen atoms in total. The highest BCUT2D eigenvalue weighted by Crippen LogP contribution is 2.26. The Morgan fingerprint density at radius 1 is 0.506 bits per heavy atom. The fourth-order valence-electron chi connectivity index (χ4n) is 9.41. The fraction of sp³-hybridized carbons (Fsp3) is 0.735. The Morgan fingerprint density at radius 3 is 1.39 bits per heavy atom. The van der Waals surface area contributed by atoms with Crippen molar-refractivity contribution in [2.45, 2.75) is 307 Å². The number of rotatable bonds is 53. The molecular formula is C68H117NO10. The van der Waals surface area contributed by atoms with E-state index in [2.05, 4.69) is 111 Å². The van der Waals surface area contributed by atoms with Crippen molar-refractivity contribution < 1.29 is 49.3 Å². The number of allylic oxidation sites excluding steroid dienone is 15. The van der Waals surface area contributed by atoms with Crippen LogP contribution in [0.15, 0.2) is 97.2 Å². The second-order valence-electron chi connectivity index (χ2n) is 21.8. The van der Waals surface area contributed by atoms with Gasteiger partial charge in [0.1, 0.15) is 24.4 Å². The molecule has 1 heterocycles. The van der Waals surface area contributed by atoms with E-state index in [9.17, 15) is 35.1 Å². The number of amides is 1. The maximum Gasteiger partial charge on any atom is 0.306 e. The van der Waals surface area contributed by atoms with Crippen molar-refractivity contribution >= 4 is 11.9 Å². The molecule has 0 aromatic carbocycles. The largest absolute Gasteiger partial charge is 0.454 e. The molecule has 0 aromatic heterocycles. The Kier molecular flexibility index (Phi) is 51.4. The third-order valence-electron chi connectivity index (χ3n) is 14.5. The van der Waals surface area contributed by atoms with Crippen molar-refractivity contribution in [3.05, 3.63) is 97.2 Å². The minimum atomic E-state index is -1.62. The number of hydrogen-bond donors (Lipinski definition) is 6. The number of nitrogens with one attached hydrogen (secondary N) is 1. The van der Waals surface area contributed by atoms with Crippen LogP contribution in [0, 0.1) is 0 Å². The number of carbonyl (C=O) groups excluding carboxylic acids is 2. The van der Waals surface area contributed by atoms with Crippen LogP contribution >= 0.6 is 0 Å². The second-order valence-corrected chi connectivity index (χ2v) is 21.8. The summed E-state index contributed by atoms with van der Waals surface area (Å²) >= 11 is 0. The Morgan fingerprint density at radius 2 is 0.911 bits per heavy atom. The molecule has 11 heteroatoms. The molecule has 1 fully saturated rings. The lowest BCUT2D eigenvalue weighted by molar-refractivity contribution is -0.305. The molecule has 1 saturated heterocycles. The molecule has 79 heavy (non-hydrogen) atoms. The summed E-state index contributed by atoms with van der Waals surface area (Å²) in [5.74, 6) is -1.22. The zero-order valence-corrected chi connectivity index (χ0v) is 50.2. The first-order chi connectivity index (χ1) is 38.7. The fourth-order valence-corrected chi connectivity index (χ4v) is 9.41. The molecule has 0 radical (unpaired) electrons. The smallest absolute Gasteiger partial charge is 0.306 e. The van der Waals surface area contributed by atoms with Gasteiger partial charge >= 0.3 is 5.97 Å². The van der Waals surface area contributed by atoms with Crippen LogP contribution in [0.4, 0.5) is 0 Å². The minimum Gasteiger partial charge on any atom is -0.454 e. The number of carbonyl (C=O) groups is 2. The van der Waals surface area contributed by atoms with E-state index < -0.39 is 67.4 Å². The second kappa shape index (κ2) is 55.1. The molecule has 1 amide bonds. The molecule has 0 aliphatic carbocycles. The van der Waals surface area contributed by atoms with E-state index >= 15 is 0 Å². The Hall–Kier alpha value is -3.42. The first-order valence-corrected chi connectivity index (χ1v) is 32.0. The number of unbranched alkanes of at least 4 members (excludes halogenated alkanes) is 25. The summed E-state index contributed by atoms with van der Waals surface area (Å²) in [7, 11) is 0. The summed E-state index contributed by atoms with van der Waals surface area (Å²) in [4.78, 5) is 26.6. The van der Waals surface area contributed by atoms with E-state index in [-0.39, 0.29) is 19.4 Å². The van der Waals surface area contributed by atoms with Gasteiger partial charge in [0.05, 0.1) is 25.4 Å². The normalized spacial score (nSPS) is 19.5. The van der Waals surface area contributed by atoms with Gasteiger partial charge in [-0.3, -0.25) is 9.59 Å². The van der Waals surface area contributed by atoms with Crippen LogP contribution in [-0.2, 0) is 23.8 Å². The Balaban J connectivity index is 2.66. The summed E-state index contributed by atoms with van der Waals surface area (Å²) in [6.45, 7) is 5.63. The molecule has 0 spiro atoms. The van der Waals surface area contributed by atoms with Crippen molar-refractivity contribution in [1.82, 2.24) is 5.32 Å². The van der Waals surface area contributed by atoms with E-state index in [0.717, 1.165) is 122 Å². The number of aliphatic hydroxyl groups is 5. The standard InChI is InChI=1S/C68H117NO10/c1-4-7-10-13-16-19-22-24-26-28-30-32-33-35-37-40-43-46-49-52-55-61(72)67(76)69-59(60(71)54-51-48-45-42-39-21-18-15-12-9-6-3)58-77-68-66(65(75)64(74)62(57-70)78-68)79-63(73)56-53-50-47-44-41-38-36-34-31-29-27-25-23-20-17-14-11-8-5-2/h7,10,16-17,19-20,24-27,30,32,35,37,51,54,59-62,64-66,68,70-72,74-75H,4-6,8-9,11-15,18,21-23,28-29,31,33-34,36,38-50,52-53,55-58H2,1-3H3,(H,69,76)/b10-7-,19-16-,20-17-,26-24-,27-25-,32-30-,37-35-,54-51+. The molecule has 8 unspecified atom stereocenters. The number of aliphatic hydroxyl groups excluding tert-OH is 5. The summed E-state index contributed by atoms with van der Waals surface area (Å²) in [5, 5.41) is 57.0. The van der Waals surface area contributed by atoms with Crippen molar-refractivity contribution in [3.8, 4) is 0 Å². The highest BCUT2D eigenvalue weighted by atomic mass is 16.7. The SMILES string of the molecule is CC/C=C\C/C=C\C/C=C\C/C=C\C/C=C\CCCCCCC(O)C(=O)NC(COC1OC(CO)C(O)C(O)C1OC(=O)CCCCCCCCCCC/C=C\C/C=C\CCCCC)C(O)/C=C/CCCCCCCCCCC. The van der Waals surface area contributed by atoms with Gasteiger partial charge in [-0.1, -0.05) is 246 Å². The molecule has 0 saturated carbocycles. The van der Waals surface area contributed by atoms with Gasteiger partial charge in [-0.15, -0.1) is 0 Å². The molecule has 1 rings (SSSR count). The van der Waals surface area contributed by atoms with Gasteiger partial charge in [0.2, 0.25) is 5.91 Å². The molecular weight excluding hydrogens is 991 g/mol. The van der Waals surface area contributed by atoms with Crippen molar-refractivity contribution in [1.29, 1.82) is 0 Å². The maximum absolute atomic E-state index is 13.4. The average Bonchev–Trinajstić information content (AvgIpc) is 3.45. The van der Waals surface area contributed by atoms with E-state index in [0.29, 0.717) is 12.8 Å². The van der Waals surface area contributed by atoms with Gasteiger partial charge in [0.15, 0.2) is 12.4 Å². The van der Waals surface area contributed by atoms with Crippen LogP contribution in [-0.4, -0.2) is 99.6 Å². The van der Waals surface area contributed by atoms with E-state index in [1.807, 2.05) is 6.08 Å². The maximum atomic E-state index is 13.4. The van der Waals surface area contributed by atoms with E-state index in [4.69, 9.17) is 14.2 Å². The summed E-state index contributed by atoms with van der Waals surface area (Å²) < 4.78 is 17.6. The van der Waals surface area contributed by atoms with E-state index in [1.165, 1.54) is 89.9 Å². The van der Waals surface area contributed by atoms with Crippen molar-refractivity contribution in [3.63, 3.8) is 0 Å². The zero-order chi connectivity index (χ0) is 57.5. The van der Waals surface area contributed by atoms with Gasteiger partial charge in [0, 0.05) is 6.42 Å². The predicted molar refractivity (Wildman–Crippen MR) is 329 cm³/mol.